The number of hydrogen-bond donors (Lipinski definition) is 0. The van der Waals surface area contributed by atoms with Gasteiger partial charge >= 0.3 is 0 Å². The number of aromatic nitrogens is 4. The lowest BCUT2D eigenvalue weighted by Gasteiger charge is -2.31. The van der Waals surface area contributed by atoms with Crippen LogP contribution in [0.2, 0.25) is 0 Å². The summed E-state index contributed by atoms with van der Waals surface area (Å²) in [6, 6.07) is 7.61. The van der Waals surface area contributed by atoms with Gasteiger partial charge in [-0.15, -0.1) is 0 Å². The molecule has 3 heterocycles. The van der Waals surface area contributed by atoms with E-state index in [1.165, 1.54) is 5.06 Å². The third kappa shape index (κ3) is 4.26. The molecule has 9 nitrogen and oxygen atoms in total. The summed E-state index contributed by atoms with van der Waals surface area (Å²) in [5.41, 5.74) is 2.32. The Morgan fingerprint density at radius 1 is 1.21 bits per heavy atom. The molecule has 0 bridgehead atoms. The second-order valence-corrected chi connectivity index (χ2v) is 8.72. The van der Waals surface area contributed by atoms with Crippen molar-refractivity contribution in [2.45, 2.75) is 44.7 Å². The lowest BCUT2D eigenvalue weighted by atomic mass is 9.81. The number of amides is 1. The Balaban J connectivity index is 1.22. The highest BCUT2D eigenvalue weighted by atomic mass is 16.7. The van der Waals surface area contributed by atoms with Crippen LogP contribution in [0.25, 0.3) is 10.9 Å². The largest absolute Gasteiger partial charge is 0.480 e. The van der Waals surface area contributed by atoms with Crippen LogP contribution in [0, 0.1) is 23.2 Å². The molecular weight excluding hydrogens is 420 g/mol. The summed E-state index contributed by atoms with van der Waals surface area (Å²) < 4.78 is 7.17. The summed E-state index contributed by atoms with van der Waals surface area (Å²) in [4.78, 5) is 27.6. The Bertz CT molecular complexity index is 1190. The fourth-order valence-corrected chi connectivity index (χ4v) is 4.88. The van der Waals surface area contributed by atoms with Crippen LogP contribution in [0.3, 0.4) is 0 Å². The minimum atomic E-state index is -0.234. The SMILES string of the molecule is COc1cncc([C@@H]2CCON2C(=O)[C@H]2CC[C@H](Cn3ncc4ccc(C#N)cc43)CC2)n1. The highest BCUT2D eigenvalue weighted by Gasteiger charge is 2.38. The Kier molecular flexibility index (Phi) is 5.92. The van der Waals surface area contributed by atoms with E-state index in [9.17, 15) is 10.1 Å². The van der Waals surface area contributed by atoms with Crippen LogP contribution < -0.4 is 4.74 Å². The normalized spacial score (nSPS) is 22.9. The molecule has 2 fully saturated rings. The molecule has 2 aliphatic rings. The maximum absolute atomic E-state index is 13.3. The van der Waals surface area contributed by atoms with Gasteiger partial charge in [-0.25, -0.2) is 10.0 Å². The van der Waals surface area contributed by atoms with E-state index in [0.29, 0.717) is 36.1 Å². The number of nitrogens with zero attached hydrogens (tertiary/aromatic N) is 6. The van der Waals surface area contributed by atoms with Crippen LogP contribution in [0.5, 0.6) is 5.88 Å². The zero-order valence-corrected chi connectivity index (χ0v) is 18.6. The topological polar surface area (TPSA) is 106 Å². The number of benzene rings is 1. The second kappa shape index (κ2) is 9.16. The van der Waals surface area contributed by atoms with Crippen molar-refractivity contribution < 1.29 is 14.4 Å². The molecule has 1 aromatic carbocycles. The van der Waals surface area contributed by atoms with Crippen molar-refractivity contribution in [3.8, 4) is 11.9 Å². The first-order valence-electron chi connectivity index (χ1n) is 11.3. The molecule has 33 heavy (non-hydrogen) atoms. The maximum atomic E-state index is 13.3. The lowest BCUT2D eigenvalue weighted by molar-refractivity contribution is -0.183. The Morgan fingerprint density at radius 2 is 2.06 bits per heavy atom. The molecule has 5 rings (SSSR count). The van der Waals surface area contributed by atoms with Crippen LogP contribution in [0.15, 0.2) is 36.8 Å². The zero-order valence-electron chi connectivity index (χ0n) is 18.6. The molecule has 0 radical (unpaired) electrons. The van der Waals surface area contributed by atoms with Gasteiger partial charge in [-0.1, -0.05) is 0 Å². The van der Waals surface area contributed by atoms with Gasteiger partial charge < -0.3 is 4.74 Å². The fraction of sp³-hybridized carbons (Fsp3) is 0.458. The summed E-state index contributed by atoms with van der Waals surface area (Å²) in [7, 11) is 1.55. The molecular formula is C24H26N6O3. The Hall–Kier alpha value is -3.51. The number of nitriles is 1. The first kappa shape index (κ1) is 21.3. The molecule has 9 heteroatoms. The molecule has 1 amide bonds. The van der Waals surface area contributed by atoms with Crippen LogP contribution in [-0.2, 0) is 16.2 Å². The van der Waals surface area contributed by atoms with E-state index in [1.807, 2.05) is 29.1 Å². The molecule has 1 saturated heterocycles. The lowest BCUT2D eigenvalue weighted by Crippen LogP contribution is -2.37. The van der Waals surface area contributed by atoms with Crippen molar-refractivity contribution in [2.24, 2.45) is 11.8 Å². The predicted molar refractivity (Wildman–Crippen MR) is 119 cm³/mol. The van der Waals surface area contributed by atoms with Crippen molar-refractivity contribution in [3.05, 3.63) is 48.0 Å². The smallest absolute Gasteiger partial charge is 0.249 e. The third-order valence-corrected chi connectivity index (χ3v) is 6.70. The molecule has 1 aliphatic heterocycles. The average Bonchev–Trinajstić information content (AvgIpc) is 3.51. The van der Waals surface area contributed by atoms with Gasteiger partial charge in [-0.2, -0.15) is 10.4 Å². The Labute approximate surface area is 191 Å². The Morgan fingerprint density at radius 3 is 2.85 bits per heavy atom. The van der Waals surface area contributed by atoms with E-state index < -0.39 is 0 Å². The van der Waals surface area contributed by atoms with Crippen molar-refractivity contribution in [2.75, 3.05) is 13.7 Å². The summed E-state index contributed by atoms with van der Waals surface area (Å²) in [6.45, 7) is 1.28. The first-order chi connectivity index (χ1) is 16.2. The van der Waals surface area contributed by atoms with Crippen molar-refractivity contribution >= 4 is 16.8 Å². The fourth-order valence-electron chi connectivity index (χ4n) is 4.88. The number of ether oxygens (including phenoxy) is 1. The number of rotatable bonds is 5. The second-order valence-electron chi connectivity index (χ2n) is 8.72. The standard InChI is InChI=1S/C24H26N6O3/c1-32-23-14-26-13-20(28-23)21-8-9-33-30(21)24(31)18-5-2-16(3-6-18)15-29-22-10-17(11-25)4-7-19(22)12-27-29/h4,7,10,12-14,16,18,21H,2-3,5-6,8-9,15H2,1H3/t16-,18-,21-/m0/s1. The molecule has 1 aliphatic carbocycles. The molecule has 1 atom stereocenters. The predicted octanol–water partition coefficient (Wildman–Crippen LogP) is 3.42. The van der Waals surface area contributed by atoms with Crippen molar-refractivity contribution in [3.63, 3.8) is 0 Å². The molecule has 1 saturated carbocycles. The molecule has 2 aromatic heterocycles. The molecule has 3 aromatic rings. The average molecular weight is 447 g/mol. The summed E-state index contributed by atoms with van der Waals surface area (Å²) in [5.74, 6) is 0.853. The van der Waals surface area contributed by atoms with Crippen LogP contribution >= 0.6 is 0 Å². The van der Waals surface area contributed by atoms with E-state index in [-0.39, 0.29) is 17.9 Å². The van der Waals surface area contributed by atoms with Gasteiger partial charge in [0.2, 0.25) is 11.8 Å². The van der Waals surface area contributed by atoms with Gasteiger partial charge in [0, 0.05) is 24.3 Å². The van der Waals surface area contributed by atoms with Gasteiger partial charge in [-0.3, -0.25) is 19.3 Å². The summed E-state index contributed by atoms with van der Waals surface area (Å²) in [5, 5.41) is 16.3. The monoisotopic (exact) mass is 446 g/mol. The highest BCUT2D eigenvalue weighted by molar-refractivity contribution is 5.80. The van der Waals surface area contributed by atoms with Crippen LogP contribution in [0.4, 0.5) is 0 Å². The maximum Gasteiger partial charge on any atom is 0.249 e. The van der Waals surface area contributed by atoms with Crippen molar-refractivity contribution in [1.29, 1.82) is 5.26 Å². The van der Waals surface area contributed by atoms with Gasteiger partial charge in [0.25, 0.3) is 0 Å². The van der Waals surface area contributed by atoms with Gasteiger partial charge in [0.1, 0.15) is 6.04 Å². The van der Waals surface area contributed by atoms with E-state index >= 15 is 0 Å². The highest BCUT2D eigenvalue weighted by Crippen LogP contribution is 2.36. The van der Waals surface area contributed by atoms with E-state index in [4.69, 9.17) is 9.57 Å². The van der Waals surface area contributed by atoms with Crippen molar-refractivity contribution in [1.82, 2.24) is 24.8 Å². The molecule has 0 unspecified atom stereocenters. The van der Waals surface area contributed by atoms with Crippen LogP contribution in [-0.4, -0.2) is 44.4 Å². The third-order valence-electron chi connectivity index (χ3n) is 6.70. The number of carbonyl (C=O) groups is 1. The number of carbonyl (C=O) groups excluding carboxylic acids is 1. The quantitative estimate of drug-likeness (QED) is 0.591. The molecule has 0 N–H and O–H groups in total. The number of fused-ring (bicyclic) bond motifs is 1. The van der Waals surface area contributed by atoms with E-state index in [2.05, 4.69) is 21.1 Å². The summed E-state index contributed by atoms with van der Waals surface area (Å²) >= 11 is 0. The number of hydroxylamine groups is 2. The molecule has 170 valence electrons. The van der Waals surface area contributed by atoms with Gasteiger partial charge in [0.15, 0.2) is 0 Å². The number of hydrogen-bond acceptors (Lipinski definition) is 7. The number of methoxy groups -OCH3 is 1. The minimum Gasteiger partial charge on any atom is -0.480 e. The first-order valence-corrected chi connectivity index (χ1v) is 11.3. The summed E-state index contributed by atoms with van der Waals surface area (Å²) in [6.07, 6.45) is 9.31. The molecule has 0 spiro atoms. The van der Waals surface area contributed by atoms with E-state index in [0.717, 1.165) is 43.1 Å². The van der Waals surface area contributed by atoms with Gasteiger partial charge in [-0.05, 0) is 49.8 Å². The van der Waals surface area contributed by atoms with Gasteiger partial charge in [0.05, 0.1) is 55.2 Å². The zero-order chi connectivity index (χ0) is 22.8. The minimum absolute atomic E-state index is 0.0313. The van der Waals surface area contributed by atoms with E-state index in [1.54, 1.807) is 19.5 Å². The van der Waals surface area contributed by atoms with Crippen LogP contribution in [0.1, 0.15) is 49.4 Å².